The first-order chi connectivity index (χ1) is 9.24. The van der Waals surface area contributed by atoms with Crippen LogP contribution in [0.5, 0.6) is 0 Å². The normalized spacial score (nSPS) is 16.0. The number of nitrogens with zero attached hydrogens (tertiary/aromatic N) is 1. The highest BCUT2D eigenvalue weighted by Crippen LogP contribution is 2.18. The molecule has 1 aromatic carbocycles. The molecule has 1 aliphatic rings. The second kappa shape index (κ2) is 6.53. The molecule has 0 saturated heterocycles. The Kier molecular flexibility index (Phi) is 4.74. The van der Waals surface area contributed by atoms with E-state index in [1.807, 2.05) is 13.0 Å². The van der Waals surface area contributed by atoms with E-state index in [-0.39, 0.29) is 5.97 Å². The third-order valence-electron chi connectivity index (χ3n) is 3.63. The number of methoxy groups -OCH3 is 1. The number of carbonyl (C=O) groups is 1. The molecule has 1 heterocycles. The van der Waals surface area contributed by atoms with E-state index in [0.717, 1.165) is 38.0 Å². The SMILES string of the molecule is CCC(=CCN1CCc2ccccc2C1)C(=O)OC. The van der Waals surface area contributed by atoms with E-state index in [0.29, 0.717) is 0 Å². The lowest BCUT2D eigenvalue weighted by Gasteiger charge is -2.27. The van der Waals surface area contributed by atoms with E-state index in [4.69, 9.17) is 4.74 Å². The van der Waals surface area contributed by atoms with Gasteiger partial charge in [0.25, 0.3) is 0 Å². The summed E-state index contributed by atoms with van der Waals surface area (Å²) in [6, 6.07) is 8.58. The number of fused-ring (bicyclic) bond motifs is 1. The van der Waals surface area contributed by atoms with Gasteiger partial charge in [-0.3, -0.25) is 4.90 Å². The number of rotatable bonds is 4. The van der Waals surface area contributed by atoms with Crippen molar-refractivity contribution in [2.45, 2.75) is 26.3 Å². The van der Waals surface area contributed by atoms with Gasteiger partial charge in [-0.1, -0.05) is 37.3 Å². The Morgan fingerprint density at radius 2 is 2.11 bits per heavy atom. The van der Waals surface area contributed by atoms with E-state index in [1.54, 1.807) is 0 Å². The van der Waals surface area contributed by atoms with E-state index in [9.17, 15) is 4.79 Å². The third kappa shape index (κ3) is 3.44. The summed E-state index contributed by atoms with van der Waals surface area (Å²) in [5, 5.41) is 0. The Hall–Kier alpha value is -1.61. The molecular weight excluding hydrogens is 238 g/mol. The minimum atomic E-state index is -0.208. The highest BCUT2D eigenvalue weighted by atomic mass is 16.5. The van der Waals surface area contributed by atoms with E-state index < -0.39 is 0 Å². The molecule has 2 rings (SSSR count). The number of ether oxygens (including phenoxy) is 1. The maximum Gasteiger partial charge on any atom is 0.333 e. The number of hydrogen-bond donors (Lipinski definition) is 0. The summed E-state index contributed by atoms with van der Waals surface area (Å²) in [6.07, 6.45) is 3.81. The number of carbonyl (C=O) groups excluding carboxylic acids is 1. The van der Waals surface area contributed by atoms with Crippen molar-refractivity contribution in [2.75, 3.05) is 20.2 Å². The summed E-state index contributed by atoms with van der Waals surface area (Å²) in [5.74, 6) is -0.208. The molecule has 0 atom stereocenters. The number of benzene rings is 1. The van der Waals surface area contributed by atoms with Crippen LogP contribution in [0.3, 0.4) is 0 Å². The summed E-state index contributed by atoms with van der Waals surface area (Å²) in [5.41, 5.74) is 3.62. The molecule has 1 aromatic rings. The maximum absolute atomic E-state index is 11.5. The fraction of sp³-hybridized carbons (Fsp3) is 0.438. The molecule has 3 heteroatoms. The van der Waals surface area contributed by atoms with Gasteiger partial charge in [0.2, 0.25) is 0 Å². The lowest BCUT2D eigenvalue weighted by molar-refractivity contribution is -0.136. The van der Waals surface area contributed by atoms with Crippen molar-refractivity contribution >= 4 is 5.97 Å². The predicted molar refractivity (Wildman–Crippen MR) is 75.8 cm³/mol. The van der Waals surface area contributed by atoms with Crippen LogP contribution in [-0.2, 0) is 22.5 Å². The first-order valence-corrected chi connectivity index (χ1v) is 6.81. The zero-order valence-electron chi connectivity index (χ0n) is 11.7. The quantitative estimate of drug-likeness (QED) is 0.615. The molecule has 1 aliphatic heterocycles. The Morgan fingerprint density at radius 3 is 2.79 bits per heavy atom. The number of hydrogen-bond acceptors (Lipinski definition) is 3. The van der Waals surface area contributed by atoms with Gasteiger partial charge >= 0.3 is 5.97 Å². The van der Waals surface area contributed by atoms with Gasteiger partial charge in [0.15, 0.2) is 0 Å². The molecule has 102 valence electrons. The average molecular weight is 259 g/mol. The van der Waals surface area contributed by atoms with E-state index in [1.165, 1.54) is 18.2 Å². The molecule has 0 aromatic heterocycles. The molecule has 0 saturated carbocycles. The van der Waals surface area contributed by atoms with Crippen LogP contribution in [0.25, 0.3) is 0 Å². The first-order valence-electron chi connectivity index (χ1n) is 6.81. The summed E-state index contributed by atoms with van der Waals surface area (Å²) >= 11 is 0. The van der Waals surface area contributed by atoms with Gasteiger partial charge in [-0.15, -0.1) is 0 Å². The molecule has 19 heavy (non-hydrogen) atoms. The molecular formula is C16H21NO2. The standard InChI is InChI=1S/C16H21NO2/c1-3-13(16(18)19-2)8-10-17-11-9-14-6-4-5-7-15(14)12-17/h4-8H,3,9-12H2,1-2H3. The van der Waals surface area contributed by atoms with E-state index >= 15 is 0 Å². The van der Waals surface area contributed by atoms with Crippen LogP contribution in [0.15, 0.2) is 35.9 Å². The van der Waals surface area contributed by atoms with Crippen LogP contribution >= 0.6 is 0 Å². The first kappa shape index (κ1) is 13.8. The molecule has 0 amide bonds. The van der Waals surface area contributed by atoms with Crippen LogP contribution in [0.2, 0.25) is 0 Å². The van der Waals surface area contributed by atoms with Crippen LogP contribution < -0.4 is 0 Å². The van der Waals surface area contributed by atoms with Gasteiger partial charge in [-0.25, -0.2) is 4.79 Å². The second-order valence-electron chi connectivity index (χ2n) is 4.83. The molecule has 0 radical (unpaired) electrons. The van der Waals surface area contributed by atoms with Crippen molar-refractivity contribution in [3.05, 3.63) is 47.0 Å². The minimum Gasteiger partial charge on any atom is -0.466 e. The minimum absolute atomic E-state index is 0.208. The Bertz CT molecular complexity index is 479. The molecule has 0 aliphatic carbocycles. The Labute approximate surface area is 114 Å². The zero-order chi connectivity index (χ0) is 13.7. The van der Waals surface area contributed by atoms with Gasteiger partial charge in [-0.2, -0.15) is 0 Å². The second-order valence-corrected chi connectivity index (χ2v) is 4.83. The zero-order valence-corrected chi connectivity index (χ0v) is 11.7. The summed E-state index contributed by atoms with van der Waals surface area (Å²) in [7, 11) is 1.43. The van der Waals surface area contributed by atoms with Gasteiger partial charge in [0.05, 0.1) is 7.11 Å². The summed E-state index contributed by atoms with van der Waals surface area (Å²) < 4.78 is 4.77. The molecule has 0 N–H and O–H groups in total. The van der Waals surface area contributed by atoms with E-state index in [2.05, 4.69) is 29.2 Å². The molecule has 0 bridgehead atoms. The fourth-order valence-electron chi connectivity index (χ4n) is 2.45. The highest BCUT2D eigenvalue weighted by molar-refractivity contribution is 5.88. The monoisotopic (exact) mass is 259 g/mol. The largest absolute Gasteiger partial charge is 0.466 e. The third-order valence-corrected chi connectivity index (χ3v) is 3.63. The van der Waals surface area contributed by atoms with Crippen molar-refractivity contribution in [2.24, 2.45) is 0 Å². The van der Waals surface area contributed by atoms with Crippen LogP contribution in [0, 0.1) is 0 Å². The fourth-order valence-corrected chi connectivity index (χ4v) is 2.45. The van der Waals surface area contributed by atoms with Gasteiger partial charge in [-0.05, 0) is 24.0 Å². The van der Waals surface area contributed by atoms with Gasteiger partial charge < -0.3 is 4.74 Å². The summed E-state index contributed by atoms with van der Waals surface area (Å²) in [4.78, 5) is 13.9. The predicted octanol–water partition coefficient (Wildman–Crippen LogP) is 2.55. The van der Waals surface area contributed by atoms with Crippen molar-refractivity contribution in [1.82, 2.24) is 4.90 Å². The van der Waals surface area contributed by atoms with Crippen molar-refractivity contribution in [3.8, 4) is 0 Å². The van der Waals surface area contributed by atoms with Crippen LogP contribution in [-0.4, -0.2) is 31.1 Å². The Balaban J connectivity index is 1.99. The van der Waals surface area contributed by atoms with Crippen molar-refractivity contribution < 1.29 is 9.53 Å². The molecule has 0 fully saturated rings. The maximum atomic E-state index is 11.5. The molecule has 0 spiro atoms. The lowest BCUT2D eigenvalue weighted by atomic mass is 10.00. The molecule has 0 unspecified atom stereocenters. The smallest absolute Gasteiger partial charge is 0.333 e. The number of esters is 1. The lowest BCUT2D eigenvalue weighted by Crippen LogP contribution is -2.30. The summed E-state index contributed by atoms with van der Waals surface area (Å²) in [6.45, 7) is 4.80. The van der Waals surface area contributed by atoms with Gasteiger partial charge in [0, 0.05) is 25.2 Å². The Morgan fingerprint density at radius 1 is 1.37 bits per heavy atom. The van der Waals surface area contributed by atoms with Crippen LogP contribution in [0.1, 0.15) is 24.5 Å². The van der Waals surface area contributed by atoms with Crippen molar-refractivity contribution in [1.29, 1.82) is 0 Å². The van der Waals surface area contributed by atoms with Gasteiger partial charge in [0.1, 0.15) is 0 Å². The van der Waals surface area contributed by atoms with Crippen LogP contribution in [0.4, 0.5) is 0 Å². The van der Waals surface area contributed by atoms with Crippen molar-refractivity contribution in [3.63, 3.8) is 0 Å². The average Bonchev–Trinajstić information content (AvgIpc) is 2.47. The highest BCUT2D eigenvalue weighted by Gasteiger charge is 2.15. The topological polar surface area (TPSA) is 29.5 Å². The molecule has 3 nitrogen and oxygen atoms in total.